The average molecular weight is 194 g/mol. The number of morpholine rings is 1. The predicted molar refractivity (Wildman–Crippen MR) is 41.4 cm³/mol. The molecule has 1 unspecified atom stereocenters. The molecule has 0 aromatic carbocycles. The lowest BCUT2D eigenvalue weighted by atomic mass is 10.2. The lowest BCUT2D eigenvalue weighted by Gasteiger charge is -2.31. The fraction of sp³-hybridized carbons (Fsp3) is 0.857. The first-order valence-electron chi connectivity index (χ1n) is 4.03. The van der Waals surface area contributed by atoms with Crippen LogP contribution in [0.25, 0.3) is 0 Å². The second-order valence-corrected chi connectivity index (χ2v) is 2.81. The van der Waals surface area contributed by atoms with Crippen molar-refractivity contribution in [2.24, 2.45) is 5.73 Å². The summed E-state index contributed by atoms with van der Waals surface area (Å²) in [7, 11) is 0. The van der Waals surface area contributed by atoms with Gasteiger partial charge in [-0.25, -0.2) is 0 Å². The van der Waals surface area contributed by atoms with Gasteiger partial charge >= 0.3 is 6.43 Å². The summed E-state index contributed by atoms with van der Waals surface area (Å²) in [5, 5.41) is 0. The van der Waals surface area contributed by atoms with Crippen molar-refractivity contribution in [3.63, 3.8) is 0 Å². The maximum atomic E-state index is 12.0. The van der Waals surface area contributed by atoms with Gasteiger partial charge in [0.05, 0.1) is 12.7 Å². The summed E-state index contributed by atoms with van der Waals surface area (Å²) in [6.45, 7) is 0.909. The van der Waals surface area contributed by atoms with Gasteiger partial charge in [-0.1, -0.05) is 0 Å². The molecule has 1 fully saturated rings. The van der Waals surface area contributed by atoms with E-state index in [2.05, 4.69) is 0 Å². The molecule has 1 atom stereocenters. The third kappa shape index (κ3) is 2.60. The number of amides is 1. The number of nitrogens with zero attached hydrogens (tertiary/aromatic N) is 1. The Kier molecular flexibility index (Phi) is 3.56. The van der Waals surface area contributed by atoms with E-state index in [0.717, 1.165) is 4.90 Å². The third-order valence-corrected chi connectivity index (χ3v) is 1.90. The van der Waals surface area contributed by atoms with Crippen molar-refractivity contribution in [1.82, 2.24) is 4.90 Å². The minimum Gasteiger partial charge on any atom is -0.373 e. The first-order valence-corrected chi connectivity index (χ1v) is 4.03. The van der Waals surface area contributed by atoms with Crippen molar-refractivity contribution in [1.29, 1.82) is 0 Å². The summed E-state index contributed by atoms with van der Waals surface area (Å²) in [5.41, 5.74) is 5.29. The van der Waals surface area contributed by atoms with Crippen LogP contribution in [0.5, 0.6) is 0 Å². The fourth-order valence-electron chi connectivity index (χ4n) is 1.20. The van der Waals surface area contributed by atoms with Gasteiger partial charge < -0.3 is 15.4 Å². The van der Waals surface area contributed by atoms with Gasteiger partial charge in [0.25, 0.3) is 5.91 Å². The molecular weight excluding hydrogens is 182 g/mol. The number of alkyl halides is 2. The molecule has 0 spiro atoms. The quantitative estimate of drug-likeness (QED) is 0.641. The van der Waals surface area contributed by atoms with E-state index in [9.17, 15) is 13.6 Å². The van der Waals surface area contributed by atoms with Crippen molar-refractivity contribution < 1.29 is 18.3 Å². The maximum Gasteiger partial charge on any atom is 0.315 e. The molecule has 13 heavy (non-hydrogen) atoms. The molecule has 0 saturated carbocycles. The van der Waals surface area contributed by atoms with Crippen LogP contribution in [0.2, 0.25) is 0 Å². The molecule has 1 aliphatic rings. The van der Waals surface area contributed by atoms with Crippen LogP contribution in [0.3, 0.4) is 0 Å². The first-order chi connectivity index (χ1) is 6.15. The minimum absolute atomic E-state index is 0.166. The summed E-state index contributed by atoms with van der Waals surface area (Å²) in [6.07, 6.45) is -3.24. The number of carbonyl (C=O) groups is 1. The van der Waals surface area contributed by atoms with E-state index >= 15 is 0 Å². The topological polar surface area (TPSA) is 55.6 Å². The Labute approximate surface area is 74.6 Å². The molecule has 0 aromatic rings. The van der Waals surface area contributed by atoms with Gasteiger partial charge in [0.2, 0.25) is 0 Å². The van der Waals surface area contributed by atoms with E-state index in [4.69, 9.17) is 10.5 Å². The largest absolute Gasteiger partial charge is 0.373 e. The summed E-state index contributed by atoms with van der Waals surface area (Å²) in [6, 6.07) is 0. The molecule has 1 heterocycles. The van der Waals surface area contributed by atoms with Crippen LogP contribution in [0, 0.1) is 0 Å². The van der Waals surface area contributed by atoms with Gasteiger partial charge in [-0.2, -0.15) is 8.78 Å². The minimum atomic E-state index is -2.93. The Bertz CT molecular complexity index is 189. The number of carbonyl (C=O) groups excluding carboxylic acids is 1. The third-order valence-electron chi connectivity index (χ3n) is 1.90. The highest BCUT2D eigenvalue weighted by atomic mass is 19.3. The Morgan fingerprint density at radius 3 is 2.92 bits per heavy atom. The molecule has 4 nitrogen and oxygen atoms in total. The van der Waals surface area contributed by atoms with Gasteiger partial charge in [-0.05, 0) is 0 Å². The van der Waals surface area contributed by atoms with Gasteiger partial charge in [0.15, 0.2) is 0 Å². The Balaban J connectivity index is 2.46. The zero-order valence-corrected chi connectivity index (χ0v) is 7.08. The van der Waals surface area contributed by atoms with Crippen LogP contribution in [-0.4, -0.2) is 49.6 Å². The van der Waals surface area contributed by atoms with E-state index < -0.39 is 12.3 Å². The molecule has 6 heteroatoms. The molecule has 1 saturated heterocycles. The van der Waals surface area contributed by atoms with Crippen LogP contribution in [-0.2, 0) is 9.53 Å². The van der Waals surface area contributed by atoms with Crippen molar-refractivity contribution in [2.75, 3.05) is 26.2 Å². The predicted octanol–water partition coefficient (Wildman–Crippen LogP) is -0.562. The van der Waals surface area contributed by atoms with E-state index in [1.54, 1.807) is 0 Å². The van der Waals surface area contributed by atoms with Gasteiger partial charge in [0, 0.05) is 19.6 Å². The maximum absolute atomic E-state index is 12.0. The summed E-state index contributed by atoms with van der Waals surface area (Å²) < 4.78 is 29.1. The fourth-order valence-corrected chi connectivity index (χ4v) is 1.20. The number of hydrogen-bond acceptors (Lipinski definition) is 3. The van der Waals surface area contributed by atoms with Crippen LogP contribution >= 0.6 is 0 Å². The normalized spacial score (nSPS) is 23.7. The molecule has 0 aliphatic carbocycles. The van der Waals surface area contributed by atoms with E-state index in [0.29, 0.717) is 0 Å². The summed E-state index contributed by atoms with van der Waals surface area (Å²) in [4.78, 5) is 11.9. The second kappa shape index (κ2) is 4.48. The molecule has 0 bridgehead atoms. The standard InChI is InChI=1S/C7H12F2N2O2/c8-6(9)7(12)11-1-2-13-5(3-10)4-11/h5-6H,1-4,10H2. The van der Waals surface area contributed by atoms with Crippen molar-refractivity contribution >= 4 is 5.91 Å². The smallest absolute Gasteiger partial charge is 0.315 e. The zero-order valence-electron chi connectivity index (χ0n) is 7.08. The monoisotopic (exact) mass is 194 g/mol. The van der Waals surface area contributed by atoms with E-state index in [-0.39, 0.29) is 32.3 Å². The van der Waals surface area contributed by atoms with Crippen LogP contribution in [0.1, 0.15) is 0 Å². The Hall–Kier alpha value is -0.750. The van der Waals surface area contributed by atoms with Gasteiger partial charge in [0.1, 0.15) is 0 Å². The van der Waals surface area contributed by atoms with Crippen molar-refractivity contribution in [2.45, 2.75) is 12.5 Å². The average Bonchev–Trinajstić information content (AvgIpc) is 2.16. The van der Waals surface area contributed by atoms with E-state index in [1.165, 1.54) is 0 Å². The molecule has 0 aromatic heterocycles. The molecular formula is C7H12F2N2O2. The van der Waals surface area contributed by atoms with Gasteiger partial charge in [-0.3, -0.25) is 4.79 Å². The number of halogens is 2. The molecule has 0 radical (unpaired) electrons. The summed E-state index contributed by atoms with van der Waals surface area (Å²) in [5.74, 6) is -1.14. The number of ether oxygens (including phenoxy) is 1. The highest BCUT2D eigenvalue weighted by molar-refractivity contribution is 5.79. The molecule has 76 valence electrons. The van der Waals surface area contributed by atoms with Crippen molar-refractivity contribution in [3.8, 4) is 0 Å². The van der Waals surface area contributed by atoms with Gasteiger partial charge in [-0.15, -0.1) is 0 Å². The Morgan fingerprint density at radius 2 is 2.38 bits per heavy atom. The van der Waals surface area contributed by atoms with Crippen LogP contribution in [0.4, 0.5) is 8.78 Å². The molecule has 1 rings (SSSR count). The highest BCUT2D eigenvalue weighted by Gasteiger charge is 2.28. The SMILES string of the molecule is NCC1CN(C(=O)C(F)F)CCO1. The number of hydrogen-bond donors (Lipinski definition) is 1. The lowest BCUT2D eigenvalue weighted by Crippen LogP contribution is -2.49. The number of nitrogens with two attached hydrogens (primary N) is 1. The zero-order chi connectivity index (χ0) is 9.84. The summed E-state index contributed by atoms with van der Waals surface area (Å²) >= 11 is 0. The van der Waals surface area contributed by atoms with Crippen LogP contribution in [0.15, 0.2) is 0 Å². The first kappa shape index (κ1) is 10.3. The van der Waals surface area contributed by atoms with Crippen LogP contribution < -0.4 is 5.73 Å². The molecule has 1 amide bonds. The molecule has 2 N–H and O–H groups in total. The molecule has 1 aliphatic heterocycles. The number of rotatable bonds is 2. The van der Waals surface area contributed by atoms with Crippen molar-refractivity contribution in [3.05, 3.63) is 0 Å². The second-order valence-electron chi connectivity index (χ2n) is 2.81. The lowest BCUT2D eigenvalue weighted by molar-refractivity contribution is -0.149. The van der Waals surface area contributed by atoms with E-state index in [1.807, 2.05) is 0 Å². The Morgan fingerprint density at radius 1 is 1.69 bits per heavy atom. The highest BCUT2D eigenvalue weighted by Crippen LogP contribution is 2.07.